The van der Waals surface area contributed by atoms with Crippen LogP contribution in [0.4, 0.5) is 11.5 Å². The molecule has 1 aliphatic rings. The van der Waals surface area contributed by atoms with E-state index in [2.05, 4.69) is 27.8 Å². The Bertz CT molecular complexity index is 977. The molecule has 1 aromatic heterocycles. The first-order chi connectivity index (χ1) is 13.1. The molecule has 1 amide bonds. The lowest BCUT2D eigenvalue weighted by atomic mass is 10.1. The zero-order valence-corrected chi connectivity index (χ0v) is 15.8. The molecule has 4 rings (SSSR count). The quantitative estimate of drug-likeness (QED) is 0.693. The monoisotopic (exact) mass is 377 g/mol. The summed E-state index contributed by atoms with van der Waals surface area (Å²) in [4.78, 5) is 17.1. The third-order valence-electron chi connectivity index (χ3n) is 4.70. The minimum atomic E-state index is -0.206. The van der Waals surface area contributed by atoms with E-state index in [0.29, 0.717) is 16.5 Å². The van der Waals surface area contributed by atoms with Gasteiger partial charge in [0.1, 0.15) is 11.5 Å². The Morgan fingerprint density at radius 1 is 1.04 bits per heavy atom. The predicted molar refractivity (Wildman–Crippen MR) is 109 cm³/mol. The molecule has 0 saturated heterocycles. The third kappa shape index (κ3) is 4.12. The van der Waals surface area contributed by atoms with Crippen molar-refractivity contribution in [3.8, 4) is 0 Å². The molecule has 0 radical (unpaired) electrons. The molecule has 1 heterocycles. The van der Waals surface area contributed by atoms with E-state index in [9.17, 15) is 4.79 Å². The molecule has 3 aromatic rings. The van der Waals surface area contributed by atoms with E-state index in [-0.39, 0.29) is 11.9 Å². The maximum atomic E-state index is 12.7. The van der Waals surface area contributed by atoms with Gasteiger partial charge in [-0.25, -0.2) is 4.98 Å². The van der Waals surface area contributed by atoms with Crippen molar-refractivity contribution in [2.45, 2.75) is 25.8 Å². The van der Waals surface area contributed by atoms with Crippen molar-refractivity contribution in [3.05, 3.63) is 88.1 Å². The number of hydrogen-bond donors (Lipinski definition) is 2. The van der Waals surface area contributed by atoms with Gasteiger partial charge in [0.25, 0.3) is 5.91 Å². The molecule has 2 aromatic carbocycles. The van der Waals surface area contributed by atoms with Gasteiger partial charge in [-0.2, -0.15) is 0 Å². The van der Waals surface area contributed by atoms with Crippen LogP contribution in [0.1, 0.15) is 27.2 Å². The number of fused-ring (bicyclic) bond motifs is 1. The fraction of sp³-hybridized carbons (Fsp3) is 0.182. The first-order valence-corrected chi connectivity index (χ1v) is 9.33. The first kappa shape index (κ1) is 17.6. The average molecular weight is 378 g/mol. The van der Waals surface area contributed by atoms with Crippen LogP contribution >= 0.6 is 11.6 Å². The van der Waals surface area contributed by atoms with Crippen LogP contribution in [0.3, 0.4) is 0 Å². The smallest absolute Gasteiger partial charge is 0.270 e. The van der Waals surface area contributed by atoms with E-state index in [1.54, 1.807) is 12.1 Å². The molecule has 0 spiro atoms. The van der Waals surface area contributed by atoms with Crippen LogP contribution in [0.2, 0.25) is 5.02 Å². The van der Waals surface area contributed by atoms with Gasteiger partial charge >= 0.3 is 0 Å². The fourth-order valence-electron chi connectivity index (χ4n) is 3.47. The first-order valence-electron chi connectivity index (χ1n) is 8.96. The number of hydrogen-bond acceptors (Lipinski definition) is 3. The third-order valence-corrected chi connectivity index (χ3v) is 4.92. The second-order valence-electron chi connectivity index (χ2n) is 6.90. The van der Waals surface area contributed by atoms with Crippen molar-refractivity contribution < 1.29 is 4.79 Å². The van der Waals surface area contributed by atoms with Crippen molar-refractivity contribution >= 4 is 29.0 Å². The SMILES string of the molecule is Cc1cccc(Nc2cc(Cl)cc(C(=O)NC3Cc4ccccc4C3)n2)c1. The van der Waals surface area contributed by atoms with Crippen LogP contribution in [0, 0.1) is 6.92 Å². The Morgan fingerprint density at radius 3 is 2.48 bits per heavy atom. The van der Waals surface area contributed by atoms with Gasteiger partial charge in [-0.1, -0.05) is 48.0 Å². The number of aromatic nitrogens is 1. The maximum absolute atomic E-state index is 12.7. The molecule has 4 nitrogen and oxygen atoms in total. The highest BCUT2D eigenvalue weighted by molar-refractivity contribution is 6.31. The lowest BCUT2D eigenvalue weighted by molar-refractivity contribution is 0.0933. The van der Waals surface area contributed by atoms with Gasteiger partial charge in [-0.05, 0) is 60.7 Å². The number of carbonyl (C=O) groups is 1. The van der Waals surface area contributed by atoms with Crippen molar-refractivity contribution in [1.29, 1.82) is 0 Å². The summed E-state index contributed by atoms with van der Waals surface area (Å²) in [6, 6.07) is 19.6. The van der Waals surface area contributed by atoms with Gasteiger partial charge in [0.05, 0.1) is 0 Å². The summed E-state index contributed by atoms with van der Waals surface area (Å²) in [5, 5.41) is 6.77. The Balaban J connectivity index is 1.48. The molecule has 0 bridgehead atoms. The van der Waals surface area contributed by atoms with Crippen LogP contribution < -0.4 is 10.6 Å². The Kier molecular flexibility index (Phi) is 4.82. The second-order valence-corrected chi connectivity index (χ2v) is 7.33. The average Bonchev–Trinajstić information content (AvgIpc) is 3.03. The van der Waals surface area contributed by atoms with Crippen LogP contribution in [0.25, 0.3) is 0 Å². The Hall–Kier alpha value is -2.85. The van der Waals surface area contributed by atoms with E-state index >= 15 is 0 Å². The van der Waals surface area contributed by atoms with E-state index in [0.717, 1.165) is 24.1 Å². The highest BCUT2D eigenvalue weighted by atomic mass is 35.5. The lowest BCUT2D eigenvalue weighted by Gasteiger charge is -2.13. The summed E-state index contributed by atoms with van der Waals surface area (Å²) in [6.45, 7) is 2.02. The van der Waals surface area contributed by atoms with Crippen molar-refractivity contribution in [2.24, 2.45) is 0 Å². The van der Waals surface area contributed by atoms with Crippen molar-refractivity contribution in [3.63, 3.8) is 0 Å². The lowest BCUT2D eigenvalue weighted by Crippen LogP contribution is -2.35. The molecular weight excluding hydrogens is 358 g/mol. The number of amides is 1. The molecule has 2 N–H and O–H groups in total. The molecule has 1 aliphatic carbocycles. The molecule has 0 saturated carbocycles. The number of pyridine rings is 1. The Labute approximate surface area is 163 Å². The van der Waals surface area contributed by atoms with Crippen LogP contribution in [0.15, 0.2) is 60.7 Å². The van der Waals surface area contributed by atoms with E-state index in [1.807, 2.05) is 43.3 Å². The molecule has 5 heteroatoms. The molecule has 0 fully saturated rings. The number of nitrogens with zero attached hydrogens (tertiary/aromatic N) is 1. The minimum Gasteiger partial charge on any atom is -0.347 e. The Morgan fingerprint density at radius 2 is 1.78 bits per heavy atom. The van der Waals surface area contributed by atoms with Crippen LogP contribution in [-0.4, -0.2) is 16.9 Å². The summed E-state index contributed by atoms with van der Waals surface area (Å²) in [5.41, 5.74) is 4.95. The van der Waals surface area contributed by atoms with Gasteiger partial charge in [-0.15, -0.1) is 0 Å². The normalized spacial score (nSPS) is 13.3. The van der Waals surface area contributed by atoms with E-state index in [4.69, 9.17) is 11.6 Å². The van der Waals surface area contributed by atoms with Crippen LogP contribution in [-0.2, 0) is 12.8 Å². The maximum Gasteiger partial charge on any atom is 0.270 e. The number of benzene rings is 2. The van der Waals surface area contributed by atoms with Gasteiger partial charge < -0.3 is 10.6 Å². The van der Waals surface area contributed by atoms with Gasteiger partial charge in [0.2, 0.25) is 0 Å². The molecule has 0 aliphatic heterocycles. The topological polar surface area (TPSA) is 54.0 Å². The highest BCUT2D eigenvalue weighted by Crippen LogP contribution is 2.23. The fourth-order valence-corrected chi connectivity index (χ4v) is 3.68. The zero-order valence-electron chi connectivity index (χ0n) is 15.0. The summed E-state index contributed by atoms with van der Waals surface area (Å²) in [6.07, 6.45) is 1.69. The molecule has 0 unspecified atom stereocenters. The molecule has 27 heavy (non-hydrogen) atoms. The highest BCUT2D eigenvalue weighted by Gasteiger charge is 2.23. The molecule has 0 atom stereocenters. The summed E-state index contributed by atoms with van der Waals surface area (Å²) < 4.78 is 0. The van der Waals surface area contributed by atoms with Crippen molar-refractivity contribution in [1.82, 2.24) is 10.3 Å². The summed E-state index contributed by atoms with van der Waals surface area (Å²) >= 11 is 6.22. The van der Waals surface area contributed by atoms with Crippen LogP contribution in [0.5, 0.6) is 0 Å². The number of aryl methyl sites for hydroxylation is 1. The number of nitrogens with one attached hydrogen (secondary N) is 2. The van der Waals surface area contributed by atoms with Gasteiger partial charge in [0, 0.05) is 16.8 Å². The molecule has 136 valence electrons. The minimum absolute atomic E-state index is 0.0869. The largest absolute Gasteiger partial charge is 0.347 e. The number of rotatable bonds is 4. The summed E-state index contributed by atoms with van der Waals surface area (Å²) in [7, 11) is 0. The van der Waals surface area contributed by atoms with Gasteiger partial charge in [-0.3, -0.25) is 4.79 Å². The molecular formula is C22H20ClN3O. The van der Waals surface area contributed by atoms with Crippen molar-refractivity contribution in [2.75, 3.05) is 5.32 Å². The number of halogens is 1. The second kappa shape index (κ2) is 7.41. The van der Waals surface area contributed by atoms with Gasteiger partial charge in [0.15, 0.2) is 0 Å². The summed E-state index contributed by atoms with van der Waals surface area (Å²) in [5.74, 6) is 0.343. The predicted octanol–water partition coefficient (Wildman–Crippen LogP) is 4.68. The van der Waals surface area contributed by atoms with E-state index in [1.165, 1.54) is 11.1 Å². The zero-order chi connectivity index (χ0) is 18.8. The standard InChI is InChI=1S/C22H20ClN3O/c1-14-5-4-8-18(9-14)24-21-13-17(23)12-20(26-21)22(27)25-19-10-15-6-2-3-7-16(15)11-19/h2-9,12-13,19H,10-11H2,1H3,(H,24,26)(H,25,27). The number of carbonyl (C=O) groups excluding carboxylic acids is 1. The number of anilines is 2. The van der Waals surface area contributed by atoms with E-state index < -0.39 is 0 Å².